The quantitative estimate of drug-likeness (QED) is 0.373. The molecule has 0 aromatic heterocycles. The Hall–Kier alpha value is 0.734. The van der Waals surface area contributed by atoms with Gasteiger partial charge in [0.2, 0.25) is 0 Å². The molecule has 1 nitrogen and oxygen atoms in total. The van der Waals surface area contributed by atoms with Gasteiger partial charge in [-0.1, -0.05) is 0 Å². The van der Waals surface area contributed by atoms with E-state index in [1.54, 1.807) is 0 Å². The van der Waals surface area contributed by atoms with E-state index in [0.29, 0.717) is 0 Å². The van der Waals surface area contributed by atoms with E-state index in [4.69, 9.17) is 4.74 Å². The van der Waals surface area contributed by atoms with Gasteiger partial charge in [0, 0.05) is 0 Å². The fourth-order valence-electron chi connectivity index (χ4n) is 1.29. The SMILES string of the molecule is CCOCCCC1=[C]([Ti+2])CC=C1.[Cl-].[Cl-]. The largest absolute Gasteiger partial charge is 1.00 e. The molecule has 0 aliphatic heterocycles. The van der Waals surface area contributed by atoms with Gasteiger partial charge in [-0.05, 0) is 0 Å². The van der Waals surface area contributed by atoms with Crippen molar-refractivity contribution in [1.82, 2.24) is 0 Å². The van der Waals surface area contributed by atoms with Crippen LogP contribution >= 0.6 is 0 Å². The fraction of sp³-hybridized carbons (Fsp3) is 0.600. The van der Waals surface area contributed by atoms with E-state index in [1.165, 1.54) is 15.9 Å². The molecule has 0 spiro atoms. The predicted molar refractivity (Wildman–Crippen MR) is 46.5 cm³/mol. The Morgan fingerprint density at radius 3 is 2.64 bits per heavy atom. The molecule has 0 heterocycles. The second kappa shape index (κ2) is 10.3. The minimum absolute atomic E-state index is 0. The molecule has 79 valence electrons. The van der Waals surface area contributed by atoms with Gasteiger partial charge in [0.15, 0.2) is 0 Å². The Morgan fingerprint density at radius 2 is 2.14 bits per heavy atom. The molecule has 1 rings (SSSR count). The van der Waals surface area contributed by atoms with Crippen LogP contribution in [0.3, 0.4) is 0 Å². The van der Waals surface area contributed by atoms with Crippen LogP contribution < -0.4 is 24.8 Å². The van der Waals surface area contributed by atoms with Gasteiger partial charge in [0.05, 0.1) is 0 Å². The van der Waals surface area contributed by atoms with Crippen LogP contribution in [0.1, 0.15) is 26.2 Å². The molecular weight excluding hydrogens is 255 g/mol. The van der Waals surface area contributed by atoms with Gasteiger partial charge < -0.3 is 24.8 Å². The van der Waals surface area contributed by atoms with Crippen molar-refractivity contribution in [2.45, 2.75) is 26.2 Å². The summed E-state index contributed by atoms with van der Waals surface area (Å²) in [5, 5.41) is 0. The molecule has 0 atom stereocenters. The van der Waals surface area contributed by atoms with Crippen LogP contribution in [0.25, 0.3) is 0 Å². The molecule has 4 heteroatoms. The normalized spacial score (nSPS) is 13.9. The topological polar surface area (TPSA) is 9.23 Å². The summed E-state index contributed by atoms with van der Waals surface area (Å²) in [7, 11) is 0. The van der Waals surface area contributed by atoms with Crippen LogP contribution in [0.4, 0.5) is 0 Å². The molecule has 14 heavy (non-hydrogen) atoms. The summed E-state index contributed by atoms with van der Waals surface area (Å²) in [6, 6.07) is 0. The Kier molecular flexibility index (Phi) is 12.6. The smallest absolute Gasteiger partial charge is 1.00 e. The third-order valence-corrected chi connectivity index (χ3v) is 2.79. The van der Waals surface area contributed by atoms with E-state index >= 15 is 0 Å². The van der Waals surface area contributed by atoms with Crippen molar-refractivity contribution in [2.24, 2.45) is 0 Å². The molecule has 1 aliphatic carbocycles. The third-order valence-electron chi connectivity index (χ3n) is 1.97. The van der Waals surface area contributed by atoms with E-state index in [-0.39, 0.29) is 24.8 Å². The van der Waals surface area contributed by atoms with Crippen molar-refractivity contribution >= 4 is 0 Å². The summed E-state index contributed by atoms with van der Waals surface area (Å²) < 4.78 is 6.82. The molecule has 1 aliphatic rings. The first-order valence-electron chi connectivity index (χ1n) is 4.52. The monoisotopic (exact) mass is 269 g/mol. The molecule has 0 aromatic rings. The predicted octanol–water partition coefficient (Wildman–Crippen LogP) is -3.43. The van der Waals surface area contributed by atoms with Gasteiger partial charge in [-0.15, -0.1) is 0 Å². The van der Waals surface area contributed by atoms with Crippen molar-refractivity contribution in [3.8, 4) is 0 Å². The second-order valence-corrected chi connectivity index (χ2v) is 3.85. The van der Waals surface area contributed by atoms with Crippen molar-refractivity contribution in [1.29, 1.82) is 0 Å². The number of rotatable bonds is 5. The van der Waals surface area contributed by atoms with Crippen LogP contribution in [0.15, 0.2) is 21.6 Å². The molecule has 0 unspecified atom stereocenters. The van der Waals surface area contributed by atoms with Gasteiger partial charge in [-0.3, -0.25) is 0 Å². The molecule has 0 N–H and O–H groups in total. The molecule has 0 saturated heterocycles. The van der Waals surface area contributed by atoms with E-state index in [9.17, 15) is 0 Å². The number of ether oxygens (including phenoxy) is 1. The number of hydrogen-bond donors (Lipinski definition) is 0. The number of allylic oxidation sites excluding steroid dienone is 4. The Labute approximate surface area is 111 Å². The minimum atomic E-state index is 0. The van der Waals surface area contributed by atoms with E-state index in [1.807, 2.05) is 6.92 Å². The van der Waals surface area contributed by atoms with Gasteiger partial charge in [-0.25, -0.2) is 0 Å². The summed E-state index contributed by atoms with van der Waals surface area (Å²) in [6.45, 7) is 3.79. The maximum atomic E-state index is 5.28. The van der Waals surface area contributed by atoms with Crippen LogP contribution in [-0.2, 0) is 25.2 Å². The summed E-state index contributed by atoms with van der Waals surface area (Å²) in [5.41, 5.74) is 1.52. The Morgan fingerprint density at radius 1 is 1.43 bits per heavy atom. The molecule has 0 saturated carbocycles. The molecule has 0 fully saturated rings. The second-order valence-electron chi connectivity index (χ2n) is 2.91. The van der Waals surface area contributed by atoms with Crippen molar-refractivity contribution in [3.63, 3.8) is 0 Å². The van der Waals surface area contributed by atoms with Crippen LogP contribution in [0.5, 0.6) is 0 Å². The third kappa shape index (κ3) is 6.26. The molecule has 0 radical (unpaired) electrons. The van der Waals surface area contributed by atoms with Gasteiger partial charge in [0.25, 0.3) is 0 Å². The minimum Gasteiger partial charge on any atom is -1.00 e. The zero-order valence-electron chi connectivity index (χ0n) is 8.35. The number of hydrogen-bond acceptors (Lipinski definition) is 1. The molecule has 0 aromatic carbocycles. The van der Waals surface area contributed by atoms with Crippen LogP contribution in [0.2, 0.25) is 0 Å². The molecule has 0 bridgehead atoms. The standard InChI is InChI=1S/C10H15O.2ClH.Ti/c1-2-11-9-5-8-10-6-3-4-7-10;;;/h3,6H,2,4-5,8-9H2,1H3;2*1H;/q;;;+2/p-2. The maximum Gasteiger partial charge on any atom is -1.00 e. The zero-order valence-corrected chi connectivity index (χ0v) is 11.4. The van der Waals surface area contributed by atoms with Gasteiger partial charge >= 0.3 is 86.2 Å². The van der Waals surface area contributed by atoms with E-state index in [2.05, 4.69) is 32.6 Å². The summed E-state index contributed by atoms with van der Waals surface area (Å²) in [4.78, 5) is 0. The van der Waals surface area contributed by atoms with Crippen molar-refractivity contribution in [2.75, 3.05) is 13.2 Å². The first kappa shape index (κ1) is 17.1. The average Bonchev–Trinajstić information content (AvgIpc) is 2.46. The number of halogens is 2. The van der Waals surface area contributed by atoms with Crippen molar-refractivity contribution in [3.05, 3.63) is 21.6 Å². The average molecular weight is 270 g/mol. The first-order chi connectivity index (χ1) is 5.84. The zero-order chi connectivity index (χ0) is 8.81. The summed E-state index contributed by atoms with van der Waals surface area (Å²) in [6.07, 6.45) is 7.99. The summed E-state index contributed by atoms with van der Waals surface area (Å²) >= 11 is 2.22. The Balaban J connectivity index is 0. The fourth-order valence-corrected chi connectivity index (χ4v) is 1.80. The van der Waals surface area contributed by atoms with Crippen molar-refractivity contribution < 1.29 is 50.0 Å². The van der Waals surface area contributed by atoms with Crippen LogP contribution in [0, 0.1) is 0 Å². The van der Waals surface area contributed by atoms with E-state index < -0.39 is 0 Å². The van der Waals surface area contributed by atoms with Crippen LogP contribution in [-0.4, -0.2) is 13.2 Å². The Bertz CT molecular complexity index is 202. The molecular formula is C10H15Cl2OTi. The van der Waals surface area contributed by atoms with Gasteiger partial charge in [-0.2, -0.15) is 0 Å². The maximum absolute atomic E-state index is 5.28. The van der Waals surface area contributed by atoms with Gasteiger partial charge in [0.1, 0.15) is 0 Å². The molecule has 0 amide bonds. The first-order valence-corrected chi connectivity index (χ1v) is 5.30. The summed E-state index contributed by atoms with van der Waals surface area (Å²) in [5.74, 6) is 0. The van der Waals surface area contributed by atoms with E-state index in [0.717, 1.165) is 26.1 Å².